The molecule has 1 amide bonds. The number of ether oxygens (including phenoxy) is 1. The van der Waals surface area contributed by atoms with Crippen LogP contribution in [0.25, 0.3) is 0 Å². The number of sulfone groups is 1. The monoisotopic (exact) mass is 496 g/mol. The summed E-state index contributed by atoms with van der Waals surface area (Å²) in [5, 5.41) is 0. The summed E-state index contributed by atoms with van der Waals surface area (Å²) in [6.07, 6.45) is -10.3. The number of benzene rings is 1. The van der Waals surface area contributed by atoms with Gasteiger partial charge in [0.1, 0.15) is 11.4 Å². The maximum atomic E-state index is 13.2. The summed E-state index contributed by atoms with van der Waals surface area (Å²) >= 11 is 0. The lowest BCUT2D eigenvalue weighted by atomic mass is 10.1. The first-order chi connectivity index (χ1) is 15.1. The number of hydrogen-bond donors (Lipinski definition) is 0. The van der Waals surface area contributed by atoms with E-state index < -0.39 is 57.6 Å². The van der Waals surface area contributed by atoms with Gasteiger partial charge in [-0.3, -0.25) is 9.78 Å². The fraction of sp³-hybridized carbons (Fsp3) is 0.400. The lowest BCUT2D eigenvalue weighted by molar-refractivity contribution is -0.195. The molecule has 1 aromatic carbocycles. The van der Waals surface area contributed by atoms with E-state index in [9.17, 15) is 39.6 Å². The van der Waals surface area contributed by atoms with Crippen molar-refractivity contribution in [3.63, 3.8) is 0 Å². The van der Waals surface area contributed by atoms with Crippen LogP contribution in [0.4, 0.5) is 26.3 Å². The Morgan fingerprint density at radius 1 is 1.12 bits per heavy atom. The van der Waals surface area contributed by atoms with Crippen LogP contribution >= 0.6 is 0 Å². The zero-order chi connectivity index (χ0) is 24.8. The summed E-state index contributed by atoms with van der Waals surface area (Å²) in [6, 6.07) is 3.68. The molecule has 1 atom stereocenters. The second-order valence-corrected chi connectivity index (χ2v) is 9.50. The molecule has 1 aromatic heterocycles. The summed E-state index contributed by atoms with van der Waals surface area (Å²) in [5.74, 6) is -1.38. The minimum absolute atomic E-state index is 0.154. The van der Waals surface area contributed by atoms with E-state index in [2.05, 4.69) is 4.98 Å². The smallest absolute Gasteiger partial charge is 0.433 e. The number of carbonyl (C=O) groups is 1. The number of carbonyl (C=O) groups excluding carboxylic acids is 1. The minimum atomic E-state index is -4.74. The van der Waals surface area contributed by atoms with E-state index in [4.69, 9.17) is 4.74 Å². The van der Waals surface area contributed by atoms with Gasteiger partial charge in [-0.25, -0.2) is 8.42 Å². The van der Waals surface area contributed by atoms with Crippen LogP contribution in [0, 0.1) is 0 Å². The topological polar surface area (TPSA) is 76.6 Å². The molecule has 0 saturated carbocycles. The molecule has 1 aliphatic heterocycles. The van der Waals surface area contributed by atoms with Gasteiger partial charge in [0.2, 0.25) is 0 Å². The van der Waals surface area contributed by atoms with Gasteiger partial charge in [0.15, 0.2) is 15.9 Å². The van der Waals surface area contributed by atoms with Crippen LogP contribution in [-0.2, 0) is 29.1 Å². The maximum absolute atomic E-state index is 13.2. The zero-order valence-corrected chi connectivity index (χ0v) is 18.1. The van der Waals surface area contributed by atoms with Gasteiger partial charge in [0.05, 0.1) is 10.5 Å². The number of nitrogens with zero attached hydrogens (tertiary/aromatic N) is 2. The molecule has 2 aromatic rings. The van der Waals surface area contributed by atoms with Crippen molar-refractivity contribution in [3.8, 4) is 5.75 Å². The second-order valence-electron chi connectivity index (χ2n) is 7.48. The Bertz CT molecular complexity index is 1180. The SMILES string of the molecule is CCC(Oc1ccc(S(C)(=O)=O)cc1C(=O)N1Cc2cnc(C(F)(F)F)cc2C1)C(F)(F)F. The first-order valence-electron chi connectivity index (χ1n) is 9.53. The van der Waals surface area contributed by atoms with Crippen LogP contribution in [0.2, 0.25) is 0 Å². The summed E-state index contributed by atoms with van der Waals surface area (Å²) < 4.78 is 107. The van der Waals surface area contributed by atoms with E-state index in [-0.39, 0.29) is 23.5 Å². The van der Waals surface area contributed by atoms with Crippen molar-refractivity contribution in [3.05, 3.63) is 52.8 Å². The summed E-state index contributed by atoms with van der Waals surface area (Å²) in [5.41, 5.74) is -1.08. The van der Waals surface area contributed by atoms with Crippen LogP contribution < -0.4 is 4.74 Å². The normalized spacial score (nSPS) is 15.3. The molecule has 0 aliphatic carbocycles. The first-order valence-corrected chi connectivity index (χ1v) is 11.4. The van der Waals surface area contributed by atoms with Gasteiger partial charge in [-0.2, -0.15) is 26.3 Å². The molecule has 0 saturated heterocycles. The average Bonchev–Trinajstić information content (AvgIpc) is 3.12. The highest BCUT2D eigenvalue weighted by molar-refractivity contribution is 7.90. The molecule has 33 heavy (non-hydrogen) atoms. The van der Waals surface area contributed by atoms with Crippen molar-refractivity contribution in [2.75, 3.05) is 6.26 Å². The fourth-order valence-electron chi connectivity index (χ4n) is 3.30. The predicted octanol–water partition coefficient (Wildman–Crippen LogP) is 4.38. The van der Waals surface area contributed by atoms with Gasteiger partial charge in [-0.05, 0) is 41.8 Å². The van der Waals surface area contributed by atoms with Crippen molar-refractivity contribution in [1.29, 1.82) is 0 Å². The Kier molecular flexibility index (Phi) is 6.39. The van der Waals surface area contributed by atoms with Crippen LogP contribution in [0.3, 0.4) is 0 Å². The largest absolute Gasteiger partial charge is 0.480 e. The Balaban J connectivity index is 1.98. The Hall–Kier alpha value is -2.83. The molecular weight excluding hydrogens is 478 g/mol. The van der Waals surface area contributed by atoms with E-state index >= 15 is 0 Å². The van der Waals surface area contributed by atoms with E-state index in [1.807, 2.05) is 0 Å². The number of aromatic nitrogens is 1. The lowest BCUT2D eigenvalue weighted by Crippen LogP contribution is -2.34. The van der Waals surface area contributed by atoms with Crippen LogP contribution in [0.5, 0.6) is 5.75 Å². The Morgan fingerprint density at radius 3 is 2.30 bits per heavy atom. The molecule has 3 rings (SSSR count). The number of pyridine rings is 1. The number of rotatable bonds is 5. The molecule has 13 heteroatoms. The molecule has 0 bridgehead atoms. The molecule has 0 radical (unpaired) electrons. The Labute approximate surface area is 185 Å². The number of halogens is 6. The molecule has 2 heterocycles. The van der Waals surface area contributed by atoms with Gasteiger partial charge in [-0.1, -0.05) is 6.92 Å². The summed E-state index contributed by atoms with van der Waals surface area (Å²) in [4.78, 5) is 17.2. The molecule has 0 fully saturated rings. The highest BCUT2D eigenvalue weighted by Gasteiger charge is 2.41. The quantitative estimate of drug-likeness (QED) is 0.575. The average molecular weight is 496 g/mol. The van der Waals surface area contributed by atoms with E-state index in [1.54, 1.807) is 0 Å². The van der Waals surface area contributed by atoms with Gasteiger partial charge in [-0.15, -0.1) is 0 Å². The lowest BCUT2D eigenvalue weighted by Gasteiger charge is -2.23. The fourth-order valence-corrected chi connectivity index (χ4v) is 3.94. The van der Waals surface area contributed by atoms with Crippen molar-refractivity contribution < 1.29 is 44.3 Å². The van der Waals surface area contributed by atoms with Crippen molar-refractivity contribution in [2.45, 2.75) is 49.8 Å². The van der Waals surface area contributed by atoms with Gasteiger partial charge < -0.3 is 9.64 Å². The number of fused-ring (bicyclic) bond motifs is 1. The van der Waals surface area contributed by atoms with Gasteiger partial charge >= 0.3 is 12.4 Å². The van der Waals surface area contributed by atoms with Crippen LogP contribution in [0.15, 0.2) is 35.4 Å². The number of amides is 1. The summed E-state index contributed by atoms with van der Waals surface area (Å²) in [7, 11) is -3.82. The molecule has 0 spiro atoms. The summed E-state index contributed by atoms with van der Waals surface area (Å²) in [6.45, 7) is 0.810. The van der Waals surface area contributed by atoms with E-state index in [1.165, 1.54) is 6.92 Å². The minimum Gasteiger partial charge on any atom is -0.480 e. The third kappa shape index (κ3) is 5.40. The Morgan fingerprint density at radius 2 is 1.76 bits per heavy atom. The first kappa shape index (κ1) is 24.8. The van der Waals surface area contributed by atoms with Crippen molar-refractivity contribution in [2.24, 2.45) is 0 Å². The molecule has 0 N–H and O–H groups in total. The molecule has 6 nitrogen and oxygen atoms in total. The number of hydrogen-bond acceptors (Lipinski definition) is 5. The predicted molar refractivity (Wildman–Crippen MR) is 103 cm³/mol. The zero-order valence-electron chi connectivity index (χ0n) is 17.3. The standard InChI is InChI=1S/C20H18F6N2O4S/c1-3-17(20(24,25)26)32-15-5-4-13(33(2,30)31)7-14(15)18(29)28-9-11-6-16(19(21,22)23)27-8-12(11)10-28/h4-8,17H,3,9-10H2,1-2H3. The number of alkyl halides is 6. The molecule has 1 aliphatic rings. The van der Waals surface area contributed by atoms with Crippen molar-refractivity contribution >= 4 is 15.7 Å². The van der Waals surface area contributed by atoms with E-state index in [0.29, 0.717) is 5.56 Å². The van der Waals surface area contributed by atoms with Gasteiger partial charge in [0.25, 0.3) is 5.91 Å². The second kappa shape index (κ2) is 8.50. The highest BCUT2D eigenvalue weighted by atomic mass is 32.2. The molecule has 180 valence electrons. The van der Waals surface area contributed by atoms with Crippen LogP contribution in [-0.4, -0.2) is 42.7 Å². The molecular formula is C20H18F6N2O4S. The van der Waals surface area contributed by atoms with Crippen LogP contribution in [0.1, 0.15) is 40.5 Å². The maximum Gasteiger partial charge on any atom is 0.433 e. The van der Waals surface area contributed by atoms with Crippen molar-refractivity contribution in [1.82, 2.24) is 9.88 Å². The van der Waals surface area contributed by atoms with Gasteiger partial charge in [0, 0.05) is 25.5 Å². The third-order valence-electron chi connectivity index (χ3n) is 5.00. The highest BCUT2D eigenvalue weighted by Crippen LogP contribution is 2.34. The molecule has 1 unspecified atom stereocenters. The third-order valence-corrected chi connectivity index (χ3v) is 6.11. The van der Waals surface area contributed by atoms with E-state index in [0.717, 1.165) is 41.6 Å².